The van der Waals surface area contributed by atoms with Gasteiger partial charge >= 0.3 is 5.97 Å². The fraction of sp³-hybridized carbons (Fsp3) is 0.316. The minimum Gasteiger partial charge on any atom is -0.497 e. The number of hydrogen-bond acceptors (Lipinski definition) is 6. The number of hydrogen-bond donors (Lipinski definition) is 0. The third kappa shape index (κ3) is 2.61. The molecule has 0 amide bonds. The van der Waals surface area contributed by atoms with Crippen LogP contribution in [-0.2, 0) is 9.53 Å². The van der Waals surface area contributed by atoms with E-state index >= 15 is 0 Å². The summed E-state index contributed by atoms with van der Waals surface area (Å²) in [6, 6.07) is 7.64. The van der Waals surface area contributed by atoms with Crippen LogP contribution in [0.2, 0.25) is 0 Å². The number of benzene rings is 1. The minimum atomic E-state index is -0.296. The van der Waals surface area contributed by atoms with Crippen LogP contribution in [-0.4, -0.2) is 31.1 Å². The molecule has 0 unspecified atom stereocenters. The molecule has 6 heteroatoms. The largest absolute Gasteiger partial charge is 0.497 e. The molecule has 0 N–H and O–H groups in total. The maximum atomic E-state index is 12.5. The van der Waals surface area contributed by atoms with E-state index in [0.717, 1.165) is 40.4 Å². The molecule has 0 radical (unpaired) electrons. The van der Waals surface area contributed by atoms with Crippen LogP contribution in [0, 0.1) is 0 Å². The summed E-state index contributed by atoms with van der Waals surface area (Å²) in [6.45, 7) is 5.13. The highest BCUT2D eigenvalue weighted by Crippen LogP contribution is 2.51. The molecule has 2 aliphatic rings. The highest BCUT2D eigenvalue weighted by Gasteiger charge is 2.39. The second-order valence-electron chi connectivity index (χ2n) is 6.00. The van der Waals surface area contributed by atoms with Gasteiger partial charge in [-0.05, 0) is 50.1 Å². The van der Waals surface area contributed by atoms with E-state index in [-0.39, 0.29) is 5.97 Å². The van der Waals surface area contributed by atoms with Crippen LogP contribution in [0.1, 0.15) is 26.0 Å². The number of ether oxygens (including phenoxy) is 2. The molecule has 0 bridgehead atoms. The van der Waals surface area contributed by atoms with Gasteiger partial charge in [-0.1, -0.05) is 11.8 Å². The number of carbonyl (C=O) groups excluding carboxylic acids is 1. The van der Waals surface area contributed by atoms with E-state index in [0.29, 0.717) is 17.3 Å². The molecule has 25 heavy (non-hydrogen) atoms. The number of nitrogens with zero attached hydrogens (tertiary/aromatic N) is 1. The summed E-state index contributed by atoms with van der Waals surface area (Å²) in [4.78, 5) is 15.2. The summed E-state index contributed by atoms with van der Waals surface area (Å²) in [5, 5.41) is 2.07. The van der Waals surface area contributed by atoms with Crippen LogP contribution >= 0.6 is 11.8 Å². The Hall–Kier alpha value is -2.34. The van der Waals surface area contributed by atoms with Crippen LogP contribution in [0.4, 0.5) is 0 Å². The Morgan fingerprint density at radius 1 is 1.36 bits per heavy atom. The van der Waals surface area contributed by atoms with Gasteiger partial charge in [0.15, 0.2) is 5.76 Å². The average molecular weight is 357 g/mol. The summed E-state index contributed by atoms with van der Waals surface area (Å²) in [7, 11) is 1.64. The molecule has 4 rings (SSSR count). The van der Waals surface area contributed by atoms with E-state index < -0.39 is 0 Å². The molecule has 0 atom stereocenters. The Kier molecular flexibility index (Phi) is 4.00. The van der Waals surface area contributed by atoms with E-state index in [1.54, 1.807) is 7.11 Å². The second kappa shape index (κ2) is 6.19. The molecule has 0 aliphatic carbocycles. The molecule has 0 saturated carbocycles. The van der Waals surface area contributed by atoms with Crippen molar-refractivity contribution in [2.24, 2.45) is 0 Å². The van der Waals surface area contributed by atoms with Crippen molar-refractivity contribution in [3.63, 3.8) is 0 Å². The Morgan fingerprint density at radius 3 is 2.96 bits per heavy atom. The third-order valence-corrected chi connectivity index (χ3v) is 5.75. The van der Waals surface area contributed by atoms with Gasteiger partial charge in [-0.2, -0.15) is 0 Å². The fourth-order valence-electron chi connectivity index (χ4n) is 3.19. The third-order valence-electron chi connectivity index (χ3n) is 4.42. The summed E-state index contributed by atoms with van der Waals surface area (Å²) in [5.74, 6) is 1.16. The van der Waals surface area contributed by atoms with Gasteiger partial charge in [0.25, 0.3) is 0 Å². The molecule has 1 aromatic heterocycles. The lowest BCUT2D eigenvalue weighted by Gasteiger charge is -2.16. The van der Waals surface area contributed by atoms with E-state index in [1.165, 1.54) is 17.3 Å². The van der Waals surface area contributed by atoms with Gasteiger partial charge in [-0.3, -0.25) is 0 Å². The normalized spacial score (nSPS) is 16.8. The molecule has 2 aromatic rings. The Bertz CT molecular complexity index is 925. The van der Waals surface area contributed by atoms with E-state index in [2.05, 4.69) is 11.8 Å². The van der Waals surface area contributed by atoms with Crippen molar-refractivity contribution in [2.45, 2.75) is 20.3 Å². The van der Waals surface area contributed by atoms with Gasteiger partial charge in [-0.15, -0.1) is 0 Å². The first kappa shape index (κ1) is 16.1. The van der Waals surface area contributed by atoms with Crippen LogP contribution in [0.5, 0.6) is 5.75 Å². The van der Waals surface area contributed by atoms with Crippen molar-refractivity contribution in [3.05, 3.63) is 45.5 Å². The van der Waals surface area contributed by atoms with Gasteiger partial charge in [-0.25, -0.2) is 4.79 Å². The lowest BCUT2D eigenvalue weighted by atomic mass is 10.2. The number of thioether (sulfide) groups is 1. The maximum Gasteiger partial charge on any atom is 0.347 e. The molecular formula is C19H19NO4S. The molecule has 0 spiro atoms. The van der Waals surface area contributed by atoms with Gasteiger partial charge < -0.3 is 18.8 Å². The lowest BCUT2D eigenvalue weighted by Crippen LogP contribution is -2.14. The van der Waals surface area contributed by atoms with Crippen molar-refractivity contribution >= 4 is 34.4 Å². The van der Waals surface area contributed by atoms with Gasteiger partial charge in [0.1, 0.15) is 21.9 Å². The fourth-order valence-corrected chi connectivity index (χ4v) is 4.40. The molecule has 1 aromatic carbocycles. The lowest BCUT2D eigenvalue weighted by molar-refractivity contribution is -0.137. The zero-order valence-corrected chi connectivity index (χ0v) is 15.2. The van der Waals surface area contributed by atoms with Gasteiger partial charge in [0.05, 0.1) is 18.7 Å². The first-order valence-electron chi connectivity index (χ1n) is 8.27. The van der Waals surface area contributed by atoms with E-state index in [4.69, 9.17) is 13.9 Å². The van der Waals surface area contributed by atoms with Crippen molar-refractivity contribution in [3.8, 4) is 5.75 Å². The highest BCUT2D eigenvalue weighted by molar-refractivity contribution is 8.08. The van der Waals surface area contributed by atoms with Crippen LogP contribution < -0.4 is 4.74 Å². The summed E-state index contributed by atoms with van der Waals surface area (Å²) in [5.41, 5.74) is 2.87. The first-order valence-corrected chi connectivity index (χ1v) is 9.08. The second-order valence-corrected chi connectivity index (χ2v) is 7.00. The number of carbonyl (C=O) groups is 1. The van der Waals surface area contributed by atoms with Crippen LogP contribution in [0.15, 0.2) is 44.2 Å². The smallest absolute Gasteiger partial charge is 0.347 e. The summed E-state index contributed by atoms with van der Waals surface area (Å²) >= 11 is 1.48. The molecule has 5 nitrogen and oxygen atoms in total. The SMILES string of the molecule is CCOC(=O)C1=C(c2cc3cc(OC)ccc3o2)N2CCC(C)=C2S1. The summed E-state index contributed by atoms with van der Waals surface area (Å²) < 4.78 is 16.6. The molecule has 3 heterocycles. The first-order chi connectivity index (χ1) is 12.1. The highest BCUT2D eigenvalue weighted by atomic mass is 32.2. The molecule has 2 aliphatic heterocycles. The average Bonchev–Trinajstić information content (AvgIpc) is 3.28. The molecular weight excluding hydrogens is 338 g/mol. The predicted molar refractivity (Wildman–Crippen MR) is 97.9 cm³/mol. The number of furan rings is 1. The number of methoxy groups -OCH3 is 1. The standard InChI is InChI=1S/C19H19NO4S/c1-4-23-19(21)17-16(20-8-7-11(2)18(20)25-17)15-10-12-9-13(22-3)5-6-14(12)24-15/h5-6,9-10H,4,7-8H2,1-3H3. The topological polar surface area (TPSA) is 51.9 Å². The Morgan fingerprint density at radius 2 is 2.20 bits per heavy atom. The molecule has 0 fully saturated rings. The van der Waals surface area contributed by atoms with Crippen molar-refractivity contribution in [1.82, 2.24) is 4.90 Å². The van der Waals surface area contributed by atoms with Gasteiger partial charge in [0.2, 0.25) is 0 Å². The monoisotopic (exact) mass is 357 g/mol. The zero-order chi connectivity index (χ0) is 17.6. The Labute approximate surface area is 150 Å². The van der Waals surface area contributed by atoms with E-state index in [9.17, 15) is 4.79 Å². The van der Waals surface area contributed by atoms with Crippen LogP contribution in [0.3, 0.4) is 0 Å². The predicted octanol–water partition coefficient (Wildman–Crippen LogP) is 4.36. The zero-order valence-electron chi connectivity index (χ0n) is 14.4. The molecule has 0 saturated heterocycles. The van der Waals surface area contributed by atoms with Crippen molar-refractivity contribution in [2.75, 3.05) is 20.3 Å². The maximum absolute atomic E-state index is 12.5. The van der Waals surface area contributed by atoms with Gasteiger partial charge in [0, 0.05) is 11.9 Å². The number of rotatable bonds is 4. The summed E-state index contributed by atoms with van der Waals surface area (Å²) in [6.07, 6.45) is 0.996. The van der Waals surface area contributed by atoms with Crippen LogP contribution in [0.25, 0.3) is 16.7 Å². The quantitative estimate of drug-likeness (QED) is 0.758. The molecule has 130 valence electrons. The van der Waals surface area contributed by atoms with Crippen molar-refractivity contribution in [1.29, 1.82) is 0 Å². The van der Waals surface area contributed by atoms with Crippen molar-refractivity contribution < 1.29 is 18.7 Å². The Balaban J connectivity index is 1.84. The number of fused-ring (bicyclic) bond motifs is 2. The number of esters is 1. The minimum absolute atomic E-state index is 0.296. The van der Waals surface area contributed by atoms with E-state index in [1.807, 2.05) is 31.2 Å².